The maximum atomic E-state index is 4.61. The third-order valence-corrected chi connectivity index (χ3v) is 2.26. The van der Waals surface area contributed by atoms with Crippen LogP contribution in [0.1, 0.15) is 5.56 Å². The molecule has 0 aliphatic carbocycles. The minimum absolute atomic E-state index is 1.08. The quantitative estimate of drug-likeness (QED) is 0.482. The van der Waals surface area contributed by atoms with Crippen molar-refractivity contribution in [3.63, 3.8) is 0 Å². The molecule has 74 valence electrons. The molecule has 0 amide bonds. The van der Waals surface area contributed by atoms with E-state index in [1.54, 1.807) is 6.21 Å². The molecule has 0 fully saturated rings. The van der Waals surface area contributed by atoms with E-state index in [0.717, 1.165) is 5.56 Å². The molecule has 0 atom stereocenters. The summed E-state index contributed by atoms with van der Waals surface area (Å²) in [6.45, 7) is 0. The number of rotatable bonds is 3. The van der Waals surface area contributed by atoms with Crippen LogP contribution in [-0.2, 0) is 0 Å². The third-order valence-electron chi connectivity index (χ3n) is 2.15. The fourth-order valence-electron chi connectivity index (χ4n) is 1.50. The first kappa shape index (κ1) is 9.80. The molecule has 0 radical (unpaired) electrons. The van der Waals surface area contributed by atoms with Crippen LogP contribution < -0.4 is 5.43 Å². The van der Waals surface area contributed by atoms with Gasteiger partial charge in [0, 0.05) is 5.56 Å². The van der Waals surface area contributed by atoms with Crippen molar-refractivity contribution in [2.45, 2.75) is 0 Å². The van der Waals surface area contributed by atoms with E-state index in [2.05, 4.69) is 40.9 Å². The van der Waals surface area contributed by atoms with Gasteiger partial charge in [-0.1, -0.05) is 54.7 Å². The highest BCUT2D eigenvalue weighted by molar-refractivity contribution is 7.78. The lowest BCUT2D eigenvalue weighted by Gasteiger charge is -2.00. The minimum atomic E-state index is 1.08. The Hall–Kier alpha value is -1.74. The maximum Gasteiger partial charge on any atom is 0.0829 e. The van der Waals surface area contributed by atoms with Gasteiger partial charge in [0.05, 0.1) is 11.7 Å². The Labute approximate surface area is 93.6 Å². The zero-order valence-electron chi connectivity index (χ0n) is 8.05. The zero-order valence-corrected chi connectivity index (χ0v) is 8.87. The molecule has 0 unspecified atom stereocenters. The fraction of sp³-hybridized carbons (Fsp3) is 0. The molecule has 1 N–H and O–H groups in total. The summed E-state index contributed by atoms with van der Waals surface area (Å²) in [5.41, 5.74) is 5.08. The number of nitrogens with one attached hydrogen (secondary N) is 1. The molecular weight excluding hydrogens is 204 g/mol. The van der Waals surface area contributed by atoms with Gasteiger partial charge in [0.1, 0.15) is 0 Å². The second-order valence-corrected chi connectivity index (χ2v) is 3.31. The Kier molecular flexibility index (Phi) is 3.05. The SMILES string of the molecule is S=CNN=Cc1cccc2ccccc12. The molecule has 0 aromatic heterocycles. The maximum absolute atomic E-state index is 4.61. The van der Waals surface area contributed by atoms with Gasteiger partial charge in [-0.05, 0) is 10.8 Å². The van der Waals surface area contributed by atoms with Crippen molar-refractivity contribution < 1.29 is 0 Å². The van der Waals surface area contributed by atoms with Crippen LogP contribution in [0.5, 0.6) is 0 Å². The highest BCUT2D eigenvalue weighted by Gasteiger charge is 1.95. The molecule has 3 heteroatoms. The Morgan fingerprint density at radius 3 is 2.73 bits per heavy atom. The Morgan fingerprint density at radius 2 is 1.87 bits per heavy atom. The van der Waals surface area contributed by atoms with Crippen molar-refractivity contribution in [3.8, 4) is 0 Å². The first-order valence-electron chi connectivity index (χ1n) is 4.62. The monoisotopic (exact) mass is 214 g/mol. The average Bonchev–Trinajstić information content (AvgIpc) is 2.30. The minimum Gasteiger partial charge on any atom is -0.275 e. The highest BCUT2D eigenvalue weighted by atomic mass is 32.1. The van der Waals surface area contributed by atoms with E-state index in [9.17, 15) is 0 Å². The Balaban J connectivity index is 2.46. The molecule has 0 saturated carbocycles. The molecule has 0 heterocycles. The van der Waals surface area contributed by atoms with Gasteiger partial charge in [-0.2, -0.15) is 5.10 Å². The van der Waals surface area contributed by atoms with Crippen molar-refractivity contribution >= 4 is 34.7 Å². The number of hydrogen-bond acceptors (Lipinski definition) is 2. The first-order valence-corrected chi connectivity index (χ1v) is 5.09. The van der Waals surface area contributed by atoms with Crippen molar-refractivity contribution in [2.75, 3.05) is 0 Å². The largest absolute Gasteiger partial charge is 0.275 e. The van der Waals surface area contributed by atoms with Crippen molar-refractivity contribution in [3.05, 3.63) is 48.0 Å². The predicted octanol–water partition coefficient (Wildman–Crippen LogP) is 2.72. The molecule has 2 nitrogen and oxygen atoms in total. The Bertz CT molecular complexity index is 500. The average molecular weight is 214 g/mol. The van der Waals surface area contributed by atoms with Crippen LogP contribution in [0.15, 0.2) is 47.6 Å². The van der Waals surface area contributed by atoms with Gasteiger partial charge in [-0.25, -0.2) is 0 Å². The predicted molar refractivity (Wildman–Crippen MR) is 68.3 cm³/mol. The van der Waals surface area contributed by atoms with Crippen molar-refractivity contribution in [1.29, 1.82) is 0 Å². The van der Waals surface area contributed by atoms with Gasteiger partial charge < -0.3 is 0 Å². The van der Waals surface area contributed by atoms with Gasteiger partial charge in [-0.15, -0.1) is 0 Å². The number of nitrogens with zero attached hydrogens (tertiary/aromatic N) is 1. The fourth-order valence-corrected chi connectivity index (χ4v) is 1.56. The number of fused-ring (bicyclic) bond motifs is 1. The summed E-state index contributed by atoms with van der Waals surface area (Å²) in [6, 6.07) is 14.3. The second-order valence-electron chi connectivity index (χ2n) is 3.07. The summed E-state index contributed by atoms with van der Waals surface area (Å²) in [7, 11) is 0. The van der Waals surface area contributed by atoms with E-state index in [1.165, 1.54) is 16.3 Å². The number of benzene rings is 2. The first-order chi connectivity index (χ1) is 7.42. The number of hydrogen-bond donors (Lipinski definition) is 1. The van der Waals surface area contributed by atoms with E-state index >= 15 is 0 Å². The molecule has 0 bridgehead atoms. The molecule has 0 aliphatic heterocycles. The highest BCUT2D eigenvalue weighted by Crippen LogP contribution is 2.16. The van der Waals surface area contributed by atoms with Crippen LogP contribution in [0, 0.1) is 0 Å². The number of thiocarbonyl (C=S) groups is 1. The molecule has 0 spiro atoms. The lowest BCUT2D eigenvalue weighted by molar-refractivity contribution is 1.08. The summed E-state index contributed by atoms with van der Waals surface area (Å²) in [4.78, 5) is 0. The van der Waals surface area contributed by atoms with Gasteiger partial charge in [0.2, 0.25) is 0 Å². The molecule has 2 rings (SSSR count). The lowest BCUT2D eigenvalue weighted by Crippen LogP contribution is -1.99. The molecule has 0 aliphatic rings. The number of hydrazone groups is 1. The van der Waals surface area contributed by atoms with Gasteiger partial charge in [0.25, 0.3) is 0 Å². The van der Waals surface area contributed by atoms with Crippen LogP contribution in [0.3, 0.4) is 0 Å². The van der Waals surface area contributed by atoms with Crippen molar-refractivity contribution in [2.24, 2.45) is 5.10 Å². The zero-order chi connectivity index (χ0) is 10.5. The van der Waals surface area contributed by atoms with E-state index in [4.69, 9.17) is 0 Å². The Morgan fingerprint density at radius 1 is 1.07 bits per heavy atom. The lowest BCUT2D eigenvalue weighted by atomic mass is 10.1. The van der Waals surface area contributed by atoms with Crippen LogP contribution in [0.4, 0.5) is 0 Å². The van der Waals surface area contributed by atoms with E-state index in [-0.39, 0.29) is 0 Å². The molecule has 2 aromatic rings. The third kappa shape index (κ3) is 2.19. The topological polar surface area (TPSA) is 24.4 Å². The molecular formula is C12H10N2S. The van der Waals surface area contributed by atoms with E-state index in [0.29, 0.717) is 0 Å². The van der Waals surface area contributed by atoms with Gasteiger partial charge in [-0.3, -0.25) is 5.43 Å². The summed E-state index contributed by atoms with van der Waals surface area (Å²) < 4.78 is 0. The van der Waals surface area contributed by atoms with Crippen LogP contribution in [0.2, 0.25) is 0 Å². The molecule has 2 aromatic carbocycles. The van der Waals surface area contributed by atoms with Gasteiger partial charge in [0.15, 0.2) is 0 Å². The van der Waals surface area contributed by atoms with Crippen LogP contribution in [0.25, 0.3) is 10.8 Å². The van der Waals surface area contributed by atoms with Gasteiger partial charge >= 0.3 is 0 Å². The van der Waals surface area contributed by atoms with E-state index in [1.807, 2.05) is 24.3 Å². The smallest absolute Gasteiger partial charge is 0.0829 e. The summed E-state index contributed by atoms with van der Waals surface area (Å²) in [5, 5.41) is 6.38. The summed E-state index contributed by atoms with van der Waals surface area (Å²) >= 11 is 4.61. The summed E-state index contributed by atoms with van der Waals surface area (Å²) in [5.74, 6) is 0. The standard InChI is InChI=1S/C12H10N2S/c15-9-14-13-8-11-6-3-5-10-4-1-2-7-12(10)11/h1-9H,(H,14,15). The molecule has 0 saturated heterocycles. The van der Waals surface area contributed by atoms with Crippen LogP contribution >= 0.6 is 12.2 Å². The van der Waals surface area contributed by atoms with Crippen molar-refractivity contribution in [1.82, 2.24) is 5.43 Å². The summed E-state index contributed by atoms with van der Waals surface area (Å²) in [6.07, 6.45) is 1.77. The van der Waals surface area contributed by atoms with E-state index < -0.39 is 0 Å². The molecule has 15 heavy (non-hydrogen) atoms. The van der Waals surface area contributed by atoms with Crippen LogP contribution in [-0.4, -0.2) is 11.7 Å². The normalized spacial score (nSPS) is 10.7. The second kappa shape index (κ2) is 4.66.